The van der Waals surface area contributed by atoms with Gasteiger partial charge in [0.25, 0.3) is 0 Å². The molecule has 0 spiro atoms. The van der Waals surface area contributed by atoms with Crippen molar-refractivity contribution in [2.24, 2.45) is 0 Å². The number of aryl methyl sites for hydroxylation is 1. The van der Waals surface area contributed by atoms with Gasteiger partial charge in [-0.25, -0.2) is 0 Å². The van der Waals surface area contributed by atoms with Gasteiger partial charge in [-0.1, -0.05) is 25.0 Å². The third kappa shape index (κ3) is 4.02. The van der Waals surface area contributed by atoms with Gasteiger partial charge in [0.2, 0.25) is 0 Å². The number of rotatable bonds is 4. The molecule has 1 aromatic rings. The Morgan fingerprint density at radius 2 is 2.17 bits per heavy atom. The van der Waals surface area contributed by atoms with E-state index in [9.17, 15) is 0 Å². The molecule has 1 fully saturated rings. The van der Waals surface area contributed by atoms with Crippen LogP contribution in [0.15, 0.2) is 24.3 Å². The molecule has 1 atom stereocenters. The Kier molecular flexibility index (Phi) is 5.06. The van der Waals surface area contributed by atoms with E-state index in [4.69, 9.17) is 5.73 Å². The molecule has 1 saturated heterocycles. The minimum absolute atomic E-state index is 0.772. The van der Waals surface area contributed by atoms with Crippen molar-refractivity contribution in [3.8, 4) is 0 Å². The predicted molar refractivity (Wildman–Crippen MR) is 78.7 cm³/mol. The SMILES string of the molecule is CC1CCCCCN1CCCc1cccc(N)c1. The molecule has 0 aromatic heterocycles. The van der Waals surface area contributed by atoms with E-state index in [-0.39, 0.29) is 0 Å². The highest BCUT2D eigenvalue weighted by atomic mass is 15.1. The van der Waals surface area contributed by atoms with Crippen molar-refractivity contribution in [3.63, 3.8) is 0 Å². The van der Waals surface area contributed by atoms with E-state index >= 15 is 0 Å². The first-order valence-corrected chi connectivity index (χ1v) is 7.34. The molecule has 0 saturated carbocycles. The summed E-state index contributed by atoms with van der Waals surface area (Å²) in [5, 5.41) is 0. The van der Waals surface area contributed by atoms with Crippen LogP contribution in [0.1, 0.15) is 44.6 Å². The van der Waals surface area contributed by atoms with Crippen LogP contribution in [0.5, 0.6) is 0 Å². The van der Waals surface area contributed by atoms with Crippen molar-refractivity contribution >= 4 is 5.69 Å². The van der Waals surface area contributed by atoms with E-state index in [0.29, 0.717) is 0 Å². The molecule has 0 aliphatic carbocycles. The number of nitrogens with zero attached hydrogens (tertiary/aromatic N) is 1. The number of hydrogen-bond acceptors (Lipinski definition) is 2. The maximum atomic E-state index is 5.81. The average molecular weight is 246 g/mol. The highest BCUT2D eigenvalue weighted by Crippen LogP contribution is 2.17. The number of benzene rings is 1. The Labute approximate surface area is 111 Å². The van der Waals surface area contributed by atoms with Crippen LogP contribution >= 0.6 is 0 Å². The van der Waals surface area contributed by atoms with E-state index in [1.807, 2.05) is 6.07 Å². The van der Waals surface area contributed by atoms with Gasteiger partial charge in [0.15, 0.2) is 0 Å². The highest BCUT2D eigenvalue weighted by Gasteiger charge is 2.15. The summed E-state index contributed by atoms with van der Waals surface area (Å²) in [7, 11) is 0. The standard InChI is InChI=1S/C16H26N2/c1-14-7-3-2-4-11-18(14)12-6-9-15-8-5-10-16(17)13-15/h5,8,10,13-14H,2-4,6-7,9,11-12,17H2,1H3. The van der Waals surface area contributed by atoms with E-state index in [2.05, 4.69) is 30.0 Å². The zero-order valence-electron chi connectivity index (χ0n) is 11.6. The molecule has 1 heterocycles. The van der Waals surface area contributed by atoms with Crippen molar-refractivity contribution in [1.82, 2.24) is 4.90 Å². The lowest BCUT2D eigenvalue weighted by atomic mass is 10.1. The van der Waals surface area contributed by atoms with Gasteiger partial charge in [-0.2, -0.15) is 0 Å². The molecule has 100 valence electrons. The van der Waals surface area contributed by atoms with E-state index in [1.54, 1.807) is 0 Å². The third-order valence-electron chi connectivity index (χ3n) is 4.05. The van der Waals surface area contributed by atoms with Crippen LogP contribution in [0.2, 0.25) is 0 Å². The molecule has 0 radical (unpaired) electrons. The summed E-state index contributed by atoms with van der Waals surface area (Å²) in [4.78, 5) is 2.67. The summed E-state index contributed by atoms with van der Waals surface area (Å²) in [6.45, 7) is 4.90. The molecule has 0 bridgehead atoms. The predicted octanol–water partition coefficient (Wildman–Crippen LogP) is 3.47. The summed E-state index contributed by atoms with van der Waals surface area (Å²) in [6, 6.07) is 9.07. The third-order valence-corrected chi connectivity index (χ3v) is 4.05. The lowest BCUT2D eigenvalue weighted by Crippen LogP contribution is -2.33. The minimum Gasteiger partial charge on any atom is -0.399 e. The van der Waals surface area contributed by atoms with Gasteiger partial charge in [-0.15, -0.1) is 0 Å². The van der Waals surface area contributed by atoms with Crippen LogP contribution < -0.4 is 5.73 Å². The second kappa shape index (κ2) is 6.79. The minimum atomic E-state index is 0.772. The average Bonchev–Trinajstić information content (AvgIpc) is 2.55. The van der Waals surface area contributed by atoms with Crippen LogP contribution in [-0.4, -0.2) is 24.0 Å². The normalized spacial score (nSPS) is 21.7. The molecule has 2 rings (SSSR count). The maximum Gasteiger partial charge on any atom is 0.0316 e. The molecule has 1 unspecified atom stereocenters. The summed E-state index contributed by atoms with van der Waals surface area (Å²) in [5.74, 6) is 0. The summed E-state index contributed by atoms with van der Waals surface area (Å²) < 4.78 is 0. The number of hydrogen-bond donors (Lipinski definition) is 1. The first-order chi connectivity index (χ1) is 8.75. The van der Waals surface area contributed by atoms with Crippen LogP contribution in [0, 0.1) is 0 Å². The van der Waals surface area contributed by atoms with Crippen molar-refractivity contribution in [2.75, 3.05) is 18.8 Å². The fraction of sp³-hybridized carbons (Fsp3) is 0.625. The number of nitrogens with two attached hydrogens (primary N) is 1. The maximum absolute atomic E-state index is 5.81. The van der Waals surface area contributed by atoms with Gasteiger partial charge in [0, 0.05) is 11.7 Å². The first kappa shape index (κ1) is 13.4. The smallest absolute Gasteiger partial charge is 0.0316 e. The summed E-state index contributed by atoms with van der Waals surface area (Å²) in [6.07, 6.45) is 7.96. The lowest BCUT2D eigenvalue weighted by molar-refractivity contribution is 0.211. The van der Waals surface area contributed by atoms with Crippen molar-refractivity contribution < 1.29 is 0 Å². The molecular formula is C16H26N2. The Morgan fingerprint density at radius 3 is 3.00 bits per heavy atom. The molecule has 1 aromatic carbocycles. The second-order valence-corrected chi connectivity index (χ2v) is 5.58. The van der Waals surface area contributed by atoms with Gasteiger partial charge < -0.3 is 10.6 Å². The zero-order valence-corrected chi connectivity index (χ0v) is 11.6. The fourth-order valence-corrected chi connectivity index (χ4v) is 2.90. The molecule has 2 nitrogen and oxygen atoms in total. The van der Waals surface area contributed by atoms with E-state index in [0.717, 1.165) is 18.2 Å². The molecule has 2 heteroatoms. The highest BCUT2D eigenvalue weighted by molar-refractivity contribution is 5.40. The summed E-state index contributed by atoms with van der Waals surface area (Å²) in [5.41, 5.74) is 8.06. The van der Waals surface area contributed by atoms with Crippen molar-refractivity contribution in [3.05, 3.63) is 29.8 Å². The van der Waals surface area contributed by atoms with Gasteiger partial charge in [-0.3, -0.25) is 0 Å². The second-order valence-electron chi connectivity index (χ2n) is 5.58. The van der Waals surface area contributed by atoms with Gasteiger partial charge >= 0.3 is 0 Å². The summed E-state index contributed by atoms with van der Waals surface area (Å²) >= 11 is 0. The Morgan fingerprint density at radius 1 is 1.28 bits per heavy atom. The fourth-order valence-electron chi connectivity index (χ4n) is 2.90. The van der Waals surface area contributed by atoms with E-state index in [1.165, 1.54) is 50.8 Å². The van der Waals surface area contributed by atoms with Crippen LogP contribution in [-0.2, 0) is 6.42 Å². The Hall–Kier alpha value is -1.02. The Bertz CT molecular complexity index is 362. The van der Waals surface area contributed by atoms with Gasteiger partial charge in [0.1, 0.15) is 0 Å². The van der Waals surface area contributed by atoms with Crippen LogP contribution in [0.25, 0.3) is 0 Å². The largest absolute Gasteiger partial charge is 0.399 e. The lowest BCUT2D eigenvalue weighted by Gasteiger charge is -2.26. The molecular weight excluding hydrogens is 220 g/mol. The number of anilines is 1. The topological polar surface area (TPSA) is 29.3 Å². The van der Waals surface area contributed by atoms with Gasteiger partial charge in [0.05, 0.1) is 0 Å². The van der Waals surface area contributed by atoms with Crippen molar-refractivity contribution in [1.29, 1.82) is 0 Å². The first-order valence-electron chi connectivity index (χ1n) is 7.34. The van der Waals surface area contributed by atoms with E-state index < -0.39 is 0 Å². The van der Waals surface area contributed by atoms with Crippen LogP contribution in [0.3, 0.4) is 0 Å². The molecule has 1 aliphatic rings. The quantitative estimate of drug-likeness (QED) is 0.824. The molecule has 1 aliphatic heterocycles. The van der Waals surface area contributed by atoms with Gasteiger partial charge in [-0.05, 0) is 63.4 Å². The number of nitrogen functional groups attached to an aromatic ring is 1. The van der Waals surface area contributed by atoms with Crippen molar-refractivity contribution in [2.45, 2.75) is 51.5 Å². The monoisotopic (exact) mass is 246 g/mol. The van der Waals surface area contributed by atoms with Crippen LogP contribution in [0.4, 0.5) is 5.69 Å². The zero-order chi connectivity index (χ0) is 12.8. The Balaban J connectivity index is 1.77. The molecule has 0 amide bonds. The number of likely N-dealkylation sites (tertiary alicyclic amines) is 1. The molecule has 18 heavy (non-hydrogen) atoms. The molecule has 2 N–H and O–H groups in total.